The number of carbonyl (C=O) groups excluding carboxylic acids is 4. The smallest absolute Gasteiger partial charge is 0.321 e. The van der Waals surface area contributed by atoms with Crippen LogP contribution in [0.5, 0.6) is 0 Å². The lowest BCUT2D eigenvalue weighted by molar-refractivity contribution is -0.152. The molecule has 0 spiro atoms. The zero-order valence-electron chi connectivity index (χ0n) is 36.8. The Labute approximate surface area is 363 Å². The summed E-state index contributed by atoms with van der Waals surface area (Å²) in [6, 6.07) is 9.76. The first kappa shape index (κ1) is 54.1. The number of unbranched alkanes of at least 4 members (excludes halogenated alkanes) is 21. The van der Waals surface area contributed by atoms with Crippen molar-refractivity contribution in [1.29, 1.82) is 0 Å². The van der Waals surface area contributed by atoms with Gasteiger partial charge >= 0.3 is 23.9 Å². The Bertz CT molecular complexity index is 1190. The highest BCUT2D eigenvalue weighted by atomic mass is 35.5. The molecule has 0 radical (unpaired) electrons. The quantitative estimate of drug-likeness (QED) is 0.0225. The average Bonchev–Trinajstić information content (AvgIpc) is 3.24. The van der Waals surface area contributed by atoms with Crippen molar-refractivity contribution < 1.29 is 43.2 Å². The number of hydrogen-bond donors (Lipinski definition) is 1. The van der Waals surface area contributed by atoms with Crippen molar-refractivity contribution in [2.75, 3.05) is 19.1 Å². The first-order valence-electron chi connectivity index (χ1n) is 23.4. The molecule has 1 N–H and O–H groups in total. The summed E-state index contributed by atoms with van der Waals surface area (Å²) in [6.07, 6.45) is 31.7. The second-order valence-corrected chi connectivity index (χ2v) is 16.2. The molecule has 1 aromatic carbocycles. The standard InChI is InChI=1S/C49H81ClO9/c1-2-3-23-35-45(59-49(55)41-50)44(51)34-26-16-10-4-5-11-17-27-36-46(52)56-39-30-20-14-8-9-15-21-31-40-57-47(53)37-28-18-12-6-7-13-19-29-38-48(54)58-42-43-32-24-22-25-33-43/h16,22,24-26,32-33,44-45,51H,2-15,17-21,23,27-31,34-42H2,1H3/b26-16-. The Morgan fingerprint density at radius 3 is 1.51 bits per heavy atom. The predicted molar refractivity (Wildman–Crippen MR) is 238 cm³/mol. The van der Waals surface area contributed by atoms with E-state index in [4.69, 9.17) is 30.5 Å². The van der Waals surface area contributed by atoms with Crippen molar-refractivity contribution >= 4 is 35.5 Å². The molecule has 0 aliphatic rings. The van der Waals surface area contributed by atoms with Crippen LogP contribution in [0.25, 0.3) is 0 Å². The van der Waals surface area contributed by atoms with Crippen LogP contribution in [-0.4, -0.2) is 60.3 Å². The molecule has 338 valence electrons. The number of rotatable bonds is 41. The van der Waals surface area contributed by atoms with E-state index in [2.05, 4.69) is 13.0 Å². The van der Waals surface area contributed by atoms with E-state index in [0.717, 1.165) is 140 Å². The van der Waals surface area contributed by atoms with Crippen LogP contribution < -0.4 is 0 Å². The number of aliphatic hydroxyl groups excluding tert-OH is 1. The Hall–Kier alpha value is -2.91. The van der Waals surface area contributed by atoms with Crippen molar-refractivity contribution in [2.45, 2.75) is 218 Å². The topological polar surface area (TPSA) is 125 Å². The van der Waals surface area contributed by atoms with Crippen LogP contribution in [-0.2, 0) is 44.7 Å². The van der Waals surface area contributed by atoms with Crippen molar-refractivity contribution in [3.05, 3.63) is 48.0 Å². The Kier molecular flexibility index (Phi) is 37.1. The third-order valence-corrected chi connectivity index (χ3v) is 10.7. The molecule has 0 fully saturated rings. The van der Waals surface area contributed by atoms with Gasteiger partial charge in [0.25, 0.3) is 0 Å². The number of allylic oxidation sites excluding steroid dienone is 1. The van der Waals surface area contributed by atoms with Crippen LogP contribution in [0, 0.1) is 0 Å². The third kappa shape index (κ3) is 35.5. The Morgan fingerprint density at radius 1 is 0.559 bits per heavy atom. The van der Waals surface area contributed by atoms with Gasteiger partial charge in [0.15, 0.2) is 0 Å². The lowest BCUT2D eigenvalue weighted by atomic mass is 10.0. The van der Waals surface area contributed by atoms with Gasteiger partial charge in [-0.3, -0.25) is 19.2 Å². The lowest BCUT2D eigenvalue weighted by Crippen LogP contribution is -2.31. The fourth-order valence-electron chi connectivity index (χ4n) is 6.88. The molecule has 10 heteroatoms. The maximum atomic E-state index is 12.1. The molecule has 0 heterocycles. The molecule has 0 amide bonds. The van der Waals surface area contributed by atoms with Gasteiger partial charge in [0.1, 0.15) is 18.6 Å². The number of aliphatic hydroxyl groups is 1. The molecule has 0 bridgehead atoms. The van der Waals surface area contributed by atoms with Gasteiger partial charge in [0.2, 0.25) is 0 Å². The van der Waals surface area contributed by atoms with Crippen LogP contribution in [0.2, 0.25) is 0 Å². The Balaban J connectivity index is 1.81. The fraction of sp³-hybridized carbons (Fsp3) is 0.755. The van der Waals surface area contributed by atoms with E-state index in [-0.39, 0.29) is 23.8 Å². The molecule has 0 aliphatic carbocycles. The van der Waals surface area contributed by atoms with E-state index in [1.807, 2.05) is 36.4 Å². The van der Waals surface area contributed by atoms with Gasteiger partial charge in [-0.05, 0) is 69.8 Å². The van der Waals surface area contributed by atoms with Crippen LogP contribution in [0.4, 0.5) is 0 Å². The minimum absolute atomic E-state index is 0.0751. The molecular weight excluding hydrogens is 768 g/mol. The highest BCUT2D eigenvalue weighted by molar-refractivity contribution is 6.26. The molecule has 2 unspecified atom stereocenters. The monoisotopic (exact) mass is 849 g/mol. The number of esters is 4. The number of alkyl halides is 1. The van der Waals surface area contributed by atoms with Gasteiger partial charge in [-0.15, -0.1) is 11.6 Å². The van der Waals surface area contributed by atoms with Gasteiger partial charge in [0, 0.05) is 19.3 Å². The second-order valence-electron chi connectivity index (χ2n) is 16.0. The van der Waals surface area contributed by atoms with E-state index in [0.29, 0.717) is 51.9 Å². The molecule has 59 heavy (non-hydrogen) atoms. The van der Waals surface area contributed by atoms with E-state index < -0.39 is 18.2 Å². The summed E-state index contributed by atoms with van der Waals surface area (Å²) in [7, 11) is 0. The number of benzene rings is 1. The second kappa shape index (κ2) is 40.5. The SMILES string of the molecule is CCCCCC(OC(=O)CCl)C(O)C/C=C\CCCCCCCC(=O)OCCCCCCCCCCOC(=O)CCCCCCCCCCC(=O)OCc1ccccc1. The molecule has 0 saturated carbocycles. The summed E-state index contributed by atoms with van der Waals surface area (Å²) in [5.41, 5.74) is 1.02. The van der Waals surface area contributed by atoms with Crippen LogP contribution in [0.1, 0.15) is 205 Å². The first-order chi connectivity index (χ1) is 28.8. The minimum atomic E-state index is -0.716. The maximum Gasteiger partial charge on any atom is 0.321 e. The summed E-state index contributed by atoms with van der Waals surface area (Å²) in [4.78, 5) is 47.6. The molecule has 0 aromatic heterocycles. The van der Waals surface area contributed by atoms with Crippen molar-refractivity contribution in [3.8, 4) is 0 Å². The molecule has 0 aliphatic heterocycles. The predicted octanol–water partition coefficient (Wildman–Crippen LogP) is 12.6. The molecule has 0 saturated heterocycles. The van der Waals surface area contributed by atoms with Gasteiger partial charge < -0.3 is 24.1 Å². The van der Waals surface area contributed by atoms with Gasteiger partial charge in [-0.2, -0.15) is 0 Å². The number of carbonyl (C=O) groups is 4. The van der Waals surface area contributed by atoms with E-state index in [9.17, 15) is 24.3 Å². The maximum absolute atomic E-state index is 12.1. The van der Waals surface area contributed by atoms with Gasteiger partial charge in [0.05, 0.1) is 19.3 Å². The van der Waals surface area contributed by atoms with Gasteiger partial charge in [-0.1, -0.05) is 159 Å². The fourth-order valence-corrected chi connectivity index (χ4v) is 6.95. The number of halogens is 1. The van der Waals surface area contributed by atoms with E-state index in [1.54, 1.807) is 0 Å². The zero-order valence-corrected chi connectivity index (χ0v) is 37.6. The summed E-state index contributed by atoms with van der Waals surface area (Å²) in [6.45, 7) is 3.49. The minimum Gasteiger partial charge on any atom is -0.466 e. The highest BCUT2D eigenvalue weighted by Crippen LogP contribution is 2.16. The van der Waals surface area contributed by atoms with Crippen molar-refractivity contribution in [2.24, 2.45) is 0 Å². The highest BCUT2D eigenvalue weighted by Gasteiger charge is 2.21. The number of hydrogen-bond acceptors (Lipinski definition) is 9. The zero-order chi connectivity index (χ0) is 42.9. The van der Waals surface area contributed by atoms with E-state index in [1.165, 1.54) is 25.7 Å². The van der Waals surface area contributed by atoms with Crippen LogP contribution in [0.3, 0.4) is 0 Å². The van der Waals surface area contributed by atoms with Crippen molar-refractivity contribution in [1.82, 2.24) is 0 Å². The average molecular weight is 850 g/mol. The number of ether oxygens (including phenoxy) is 4. The van der Waals surface area contributed by atoms with E-state index >= 15 is 0 Å². The molecular formula is C49H81ClO9. The normalized spacial score (nSPS) is 12.3. The summed E-state index contributed by atoms with van der Waals surface area (Å²) < 4.78 is 21.5. The third-order valence-electron chi connectivity index (χ3n) is 10.5. The molecule has 1 rings (SSSR count). The first-order valence-corrected chi connectivity index (χ1v) is 24.0. The van der Waals surface area contributed by atoms with Crippen molar-refractivity contribution in [3.63, 3.8) is 0 Å². The summed E-state index contributed by atoms with van der Waals surface area (Å²) in [5.74, 6) is -0.974. The molecule has 1 aromatic rings. The van der Waals surface area contributed by atoms with Crippen LogP contribution >= 0.6 is 11.6 Å². The molecule has 9 nitrogen and oxygen atoms in total. The Morgan fingerprint density at radius 2 is 1.02 bits per heavy atom. The summed E-state index contributed by atoms with van der Waals surface area (Å²) in [5, 5.41) is 10.5. The largest absolute Gasteiger partial charge is 0.466 e. The lowest BCUT2D eigenvalue weighted by Gasteiger charge is -2.22. The molecule has 2 atom stereocenters. The summed E-state index contributed by atoms with van der Waals surface area (Å²) >= 11 is 5.57. The van der Waals surface area contributed by atoms with Crippen LogP contribution in [0.15, 0.2) is 42.5 Å². The van der Waals surface area contributed by atoms with Gasteiger partial charge in [-0.25, -0.2) is 0 Å².